The van der Waals surface area contributed by atoms with Crippen LogP contribution in [0, 0.1) is 26.6 Å². The summed E-state index contributed by atoms with van der Waals surface area (Å²) in [5.74, 6) is -0.235. The molecule has 0 nitrogen and oxygen atoms in total. The highest BCUT2D eigenvalue weighted by Gasteiger charge is 2.16. The van der Waals surface area contributed by atoms with Crippen LogP contribution < -0.4 is 0 Å². The van der Waals surface area contributed by atoms with Gasteiger partial charge in [-0.25, -0.2) is 4.39 Å². The van der Waals surface area contributed by atoms with Crippen LogP contribution in [0.1, 0.15) is 32.6 Å². The summed E-state index contributed by atoms with van der Waals surface area (Å²) in [5, 5.41) is 0. The number of aryl methyl sites for hydroxylation is 3. The summed E-state index contributed by atoms with van der Waals surface area (Å²) in [5.41, 5.74) is 6.06. The van der Waals surface area contributed by atoms with Crippen molar-refractivity contribution in [1.29, 1.82) is 0 Å². The zero-order valence-electron chi connectivity index (χ0n) is 11.1. The van der Waals surface area contributed by atoms with Gasteiger partial charge in [-0.3, -0.25) is 0 Å². The second kappa shape index (κ2) is 5.76. The maximum atomic E-state index is 13.3. The van der Waals surface area contributed by atoms with Crippen LogP contribution in [0.5, 0.6) is 0 Å². The van der Waals surface area contributed by atoms with E-state index in [0.29, 0.717) is 4.47 Å². The summed E-state index contributed by atoms with van der Waals surface area (Å²) >= 11 is 6.98. The van der Waals surface area contributed by atoms with E-state index in [1.54, 1.807) is 0 Å². The van der Waals surface area contributed by atoms with Crippen molar-refractivity contribution < 1.29 is 4.39 Å². The number of alkyl halides is 1. The van der Waals surface area contributed by atoms with Crippen LogP contribution in [-0.4, -0.2) is 0 Å². The smallest absolute Gasteiger partial charge is 0.137 e. The first-order valence-electron chi connectivity index (χ1n) is 6.07. The zero-order valence-corrected chi connectivity index (χ0v) is 14.3. The molecule has 0 amide bonds. The van der Waals surface area contributed by atoms with E-state index in [1.807, 2.05) is 12.1 Å². The maximum Gasteiger partial charge on any atom is 0.137 e. The summed E-state index contributed by atoms with van der Waals surface area (Å²) in [6, 6.07) is 9.49. The van der Waals surface area contributed by atoms with Crippen LogP contribution in [0.2, 0.25) is 0 Å². The van der Waals surface area contributed by atoms with Crippen molar-refractivity contribution in [2.45, 2.75) is 25.6 Å². The summed E-state index contributed by atoms with van der Waals surface area (Å²) < 4.78 is 13.8. The molecule has 0 radical (unpaired) electrons. The Hall–Kier alpha value is -0.670. The van der Waals surface area contributed by atoms with Crippen molar-refractivity contribution in [3.05, 3.63) is 68.4 Å². The van der Waals surface area contributed by atoms with Gasteiger partial charge in [-0.15, -0.1) is 0 Å². The lowest BCUT2D eigenvalue weighted by atomic mass is 9.94. The van der Waals surface area contributed by atoms with Crippen molar-refractivity contribution in [2.24, 2.45) is 0 Å². The van der Waals surface area contributed by atoms with Crippen molar-refractivity contribution in [3.8, 4) is 0 Å². The lowest BCUT2D eigenvalue weighted by molar-refractivity contribution is 0.620. The molecule has 0 saturated heterocycles. The molecular weight excluding hydrogens is 371 g/mol. The first kappa shape index (κ1) is 14.7. The Bertz CT molecular complexity index is 597. The van der Waals surface area contributed by atoms with Gasteiger partial charge in [0.15, 0.2) is 0 Å². The van der Waals surface area contributed by atoms with Gasteiger partial charge in [-0.2, -0.15) is 0 Å². The number of hydrogen-bond acceptors (Lipinski definition) is 0. The predicted molar refractivity (Wildman–Crippen MR) is 85.5 cm³/mol. The molecule has 3 heteroatoms. The second-order valence-corrected chi connectivity index (χ2v) is 6.62. The molecule has 0 saturated carbocycles. The number of rotatable bonds is 2. The van der Waals surface area contributed by atoms with Crippen molar-refractivity contribution in [3.63, 3.8) is 0 Å². The van der Waals surface area contributed by atoms with E-state index in [9.17, 15) is 4.39 Å². The molecule has 2 aromatic rings. The minimum absolute atomic E-state index is 0.0741. The standard InChI is InChI=1S/C16H15Br2F/c1-9-6-10(2)15(11(3)7-9)16(18)12-4-5-14(19)13(17)8-12/h4-8,16H,1-3H3. The van der Waals surface area contributed by atoms with Crippen LogP contribution in [0.3, 0.4) is 0 Å². The van der Waals surface area contributed by atoms with Crippen molar-refractivity contribution in [2.75, 3.05) is 0 Å². The molecule has 1 atom stereocenters. The van der Waals surface area contributed by atoms with Crippen molar-refractivity contribution in [1.82, 2.24) is 0 Å². The van der Waals surface area contributed by atoms with Gasteiger partial charge in [0, 0.05) is 0 Å². The van der Waals surface area contributed by atoms with E-state index in [0.717, 1.165) is 5.56 Å². The molecule has 0 N–H and O–H groups in total. The minimum Gasteiger partial charge on any atom is -0.206 e. The fourth-order valence-electron chi connectivity index (χ4n) is 2.43. The Kier molecular flexibility index (Phi) is 4.46. The minimum atomic E-state index is -0.235. The van der Waals surface area contributed by atoms with Gasteiger partial charge < -0.3 is 0 Å². The van der Waals surface area contributed by atoms with Gasteiger partial charge in [0.25, 0.3) is 0 Å². The fraction of sp³-hybridized carbons (Fsp3) is 0.250. The SMILES string of the molecule is Cc1cc(C)c(C(Br)c2ccc(F)c(Br)c2)c(C)c1. The number of benzene rings is 2. The molecule has 19 heavy (non-hydrogen) atoms. The van der Waals surface area contributed by atoms with E-state index in [2.05, 4.69) is 64.8 Å². The Balaban J connectivity index is 2.49. The van der Waals surface area contributed by atoms with Crippen LogP contribution >= 0.6 is 31.9 Å². The van der Waals surface area contributed by atoms with Gasteiger partial charge in [0.1, 0.15) is 5.82 Å². The second-order valence-electron chi connectivity index (χ2n) is 4.85. The summed E-state index contributed by atoms with van der Waals surface area (Å²) in [7, 11) is 0. The predicted octanol–water partition coefficient (Wildman–Crippen LogP) is 6.00. The first-order valence-corrected chi connectivity index (χ1v) is 7.77. The quantitative estimate of drug-likeness (QED) is 0.556. The lowest BCUT2D eigenvalue weighted by Crippen LogP contribution is -2.00. The average Bonchev–Trinajstić information content (AvgIpc) is 2.31. The normalized spacial score (nSPS) is 12.5. The Labute approximate surface area is 130 Å². The Morgan fingerprint density at radius 2 is 1.58 bits per heavy atom. The molecule has 0 spiro atoms. The van der Waals surface area contributed by atoms with E-state index in [-0.39, 0.29) is 10.6 Å². The van der Waals surface area contributed by atoms with E-state index in [1.165, 1.54) is 28.3 Å². The highest BCUT2D eigenvalue weighted by molar-refractivity contribution is 9.10. The molecule has 0 heterocycles. The van der Waals surface area contributed by atoms with Crippen LogP contribution in [0.15, 0.2) is 34.8 Å². The van der Waals surface area contributed by atoms with Gasteiger partial charge in [0.05, 0.1) is 9.30 Å². The third-order valence-corrected chi connectivity index (χ3v) is 4.82. The number of halogens is 3. The molecule has 2 aromatic carbocycles. The van der Waals surface area contributed by atoms with Gasteiger partial charge in [-0.05, 0) is 71.1 Å². The fourth-order valence-corrected chi connectivity index (χ4v) is 3.83. The molecule has 0 aromatic heterocycles. The van der Waals surface area contributed by atoms with E-state index in [4.69, 9.17) is 0 Å². The van der Waals surface area contributed by atoms with Gasteiger partial charge >= 0.3 is 0 Å². The largest absolute Gasteiger partial charge is 0.206 e. The molecule has 100 valence electrons. The zero-order chi connectivity index (χ0) is 14.2. The first-order chi connectivity index (χ1) is 8.90. The molecule has 1 unspecified atom stereocenters. The molecule has 0 aliphatic carbocycles. The molecular formula is C16H15Br2F. The van der Waals surface area contributed by atoms with Gasteiger partial charge in [0.2, 0.25) is 0 Å². The van der Waals surface area contributed by atoms with Crippen LogP contribution in [-0.2, 0) is 0 Å². The highest BCUT2D eigenvalue weighted by atomic mass is 79.9. The van der Waals surface area contributed by atoms with Gasteiger partial charge in [-0.1, -0.05) is 39.7 Å². The van der Waals surface area contributed by atoms with Crippen molar-refractivity contribution >= 4 is 31.9 Å². The maximum absolute atomic E-state index is 13.3. The van der Waals surface area contributed by atoms with E-state index >= 15 is 0 Å². The van der Waals surface area contributed by atoms with E-state index < -0.39 is 0 Å². The summed E-state index contributed by atoms with van der Waals surface area (Å²) in [6.07, 6.45) is 0. The summed E-state index contributed by atoms with van der Waals surface area (Å²) in [4.78, 5) is 0.0741. The Morgan fingerprint density at radius 3 is 2.11 bits per heavy atom. The molecule has 0 bridgehead atoms. The monoisotopic (exact) mass is 384 g/mol. The third-order valence-electron chi connectivity index (χ3n) is 3.23. The molecule has 2 rings (SSSR count). The molecule has 0 fully saturated rings. The van der Waals surface area contributed by atoms with Crippen LogP contribution in [0.4, 0.5) is 4.39 Å². The Morgan fingerprint density at radius 1 is 1.00 bits per heavy atom. The average molecular weight is 386 g/mol. The molecule has 0 aliphatic heterocycles. The lowest BCUT2D eigenvalue weighted by Gasteiger charge is -2.18. The highest BCUT2D eigenvalue weighted by Crippen LogP contribution is 2.36. The third kappa shape index (κ3) is 3.09. The molecule has 0 aliphatic rings. The topological polar surface area (TPSA) is 0 Å². The summed E-state index contributed by atoms with van der Waals surface area (Å²) in [6.45, 7) is 6.33. The number of hydrogen-bond donors (Lipinski definition) is 0. The van der Waals surface area contributed by atoms with Crippen LogP contribution in [0.25, 0.3) is 0 Å².